The molecule has 0 aliphatic heterocycles. The van der Waals surface area contributed by atoms with E-state index in [1.165, 1.54) is 10.5 Å². The lowest BCUT2D eigenvalue weighted by Crippen LogP contribution is -3.04. The molecule has 0 aromatic heterocycles. The van der Waals surface area contributed by atoms with Crippen LogP contribution in [0.5, 0.6) is 5.75 Å². The number of amides is 1. The predicted octanol–water partition coefficient (Wildman–Crippen LogP) is 1.29. The highest BCUT2D eigenvalue weighted by Crippen LogP contribution is 2.14. The Balaban J connectivity index is 1.92. The smallest absolute Gasteiger partial charge is 0.261 e. The molecule has 0 fully saturated rings. The van der Waals surface area contributed by atoms with E-state index in [1.807, 2.05) is 18.2 Å². The lowest BCUT2D eigenvalue weighted by molar-refractivity contribution is -0.872. The Hall–Kier alpha value is -2.84. The zero-order chi connectivity index (χ0) is 18.2. The Morgan fingerprint density at radius 3 is 2.40 bits per heavy atom. The van der Waals surface area contributed by atoms with E-state index in [1.54, 1.807) is 31.2 Å². The van der Waals surface area contributed by atoms with E-state index < -0.39 is 6.10 Å². The van der Waals surface area contributed by atoms with Crippen LogP contribution in [0.25, 0.3) is 0 Å². The molecule has 0 aliphatic carbocycles. The number of hydrogen-bond acceptors (Lipinski definition) is 3. The fraction of sp³-hybridized carbons (Fsp3) is 0.300. The highest BCUT2D eigenvalue weighted by Gasteiger charge is 2.15. The van der Waals surface area contributed by atoms with Crippen LogP contribution >= 0.6 is 0 Å². The predicted molar refractivity (Wildman–Crippen MR) is 96.1 cm³/mol. The summed E-state index contributed by atoms with van der Waals surface area (Å²) in [7, 11) is 4.20. The largest absolute Gasteiger partial charge is 0.481 e. The number of carbonyl (C=O) groups excluding carboxylic acids is 1. The maximum atomic E-state index is 12.3. The summed E-state index contributed by atoms with van der Waals surface area (Å²) >= 11 is 0. The molecule has 2 aromatic carbocycles. The van der Waals surface area contributed by atoms with Gasteiger partial charge in [0, 0.05) is 12.1 Å². The molecule has 0 heterocycles. The monoisotopic (exact) mass is 338 g/mol. The van der Waals surface area contributed by atoms with Crippen molar-refractivity contribution in [2.75, 3.05) is 14.1 Å². The number of ether oxygens (including phenoxy) is 1. The van der Waals surface area contributed by atoms with Crippen LogP contribution in [-0.2, 0) is 17.9 Å². The van der Waals surface area contributed by atoms with Crippen LogP contribution in [0.2, 0.25) is 0 Å². The summed E-state index contributed by atoms with van der Waals surface area (Å²) < 4.78 is 5.63. The molecule has 0 bridgehead atoms. The van der Waals surface area contributed by atoms with Gasteiger partial charge in [0.05, 0.1) is 25.7 Å². The van der Waals surface area contributed by atoms with Crippen molar-refractivity contribution in [1.82, 2.24) is 5.32 Å². The lowest BCUT2D eigenvalue weighted by atomic mass is 10.1. The van der Waals surface area contributed by atoms with Gasteiger partial charge in [0.1, 0.15) is 12.3 Å². The van der Waals surface area contributed by atoms with Crippen LogP contribution in [-0.4, -0.2) is 26.1 Å². The molecule has 0 unspecified atom stereocenters. The van der Waals surface area contributed by atoms with Crippen molar-refractivity contribution in [1.29, 1.82) is 5.26 Å². The first-order valence-electron chi connectivity index (χ1n) is 8.30. The molecule has 5 heteroatoms. The second-order valence-electron chi connectivity index (χ2n) is 6.27. The van der Waals surface area contributed by atoms with E-state index in [0.29, 0.717) is 17.9 Å². The van der Waals surface area contributed by atoms with Crippen LogP contribution in [0.3, 0.4) is 0 Å². The van der Waals surface area contributed by atoms with Crippen LogP contribution in [0.1, 0.15) is 23.6 Å². The van der Waals surface area contributed by atoms with E-state index in [0.717, 1.165) is 12.1 Å². The zero-order valence-corrected chi connectivity index (χ0v) is 14.9. The van der Waals surface area contributed by atoms with Crippen molar-refractivity contribution in [3.05, 3.63) is 65.2 Å². The molecule has 0 saturated heterocycles. The maximum Gasteiger partial charge on any atom is 0.261 e. The number of benzene rings is 2. The van der Waals surface area contributed by atoms with Gasteiger partial charge in [0.2, 0.25) is 0 Å². The summed E-state index contributed by atoms with van der Waals surface area (Å²) in [5, 5.41) is 11.7. The molecule has 0 saturated carbocycles. The minimum Gasteiger partial charge on any atom is -0.481 e. The summed E-state index contributed by atoms with van der Waals surface area (Å²) in [6, 6.07) is 16.9. The average molecular weight is 338 g/mol. The molecule has 0 spiro atoms. The number of nitriles is 1. The summed E-state index contributed by atoms with van der Waals surface area (Å²) in [6.07, 6.45) is -0.612. The molecule has 2 aromatic rings. The Bertz CT molecular complexity index is 748. The third-order valence-electron chi connectivity index (χ3n) is 3.78. The fourth-order valence-corrected chi connectivity index (χ4v) is 2.48. The van der Waals surface area contributed by atoms with Gasteiger partial charge < -0.3 is 15.0 Å². The number of nitrogens with one attached hydrogen (secondary N) is 2. The molecule has 25 heavy (non-hydrogen) atoms. The van der Waals surface area contributed by atoms with Gasteiger partial charge in [-0.1, -0.05) is 24.3 Å². The normalized spacial score (nSPS) is 11.6. The van der Waals surface area contributed by atoms with Gasteiger partial charge >= 0.3 is 0 Å². The SMILES string of the molecule is C[C@@H](Oc1ccc(C#N)cc1)C(=O)NCc1ccccc1C[NH+](C)C. The molecular formula is C20H24N3O2+. The highest BCUT2D eigenvalue weighted by molar-refractivity contribution is 5.80. The average Bonchev–Trinajstić information content (AvgIpc) is 2.60. The van der Waals surface area contributed by atoms with Crippen molar-refractivity contribution >= 4 is 5.91 Å². The molecule has 2 rings (SSSR count). The van der Waals surface area contributed by atoms with Crippen LogP contribution < -0.4 is 15.0 Å². The van der Waals surface area contributed by atoms with Gasteiger partial charge in [-0.2, -0.15) is 5.26 Å². The summed E-state index contributed by atoms with van der Waals surface area (Å²) in [4.78, 5) is 13.6. The lowest BCUT2D eigenvalue weighted by Gasteiger charge is -2.16. The van der Waals surface area contributed by atoms with Gasteiger partial charge in [-0.05, 0) is 36.8 Å². The van der Waals surface area contributed by atoms with Gasteiger partial charge in [-0.25, -0.2) is 0 Å². The minimum atomic E-state index is -0.612. The van der Waals surface area contributed by atoms with Gasteiger partial charge in [-0.15, -0.1) is 0 Å². The second kappa shape index (κ2) is 8.86. The first kappa shape index (κ1) is 18.5. The number of nitrogens with zero attached hydrogens (tertiary/aromatic N) is 1. The maximum absolute atomic E-state index is 12.3. The van der Waals surface area contributed by atoms with Crippen LogP contribution in [0, 0.1) is 11.3 Å². The van der Waals surface area contributed by atoms with E-state index in [9.17, 15) is 4.79 Å². The summed E-state index contributed by atoms with van der Waals surface area (Å²) in [5.74, 6) is 0.398. The molecule has 1 atom stereocenters. The Morgan fingerprint density at radius 2 is 1.80 bits per heavy atom. The fourth-order valence-electron chi connectivity index (χ4n) is 2.48. The number of hydrogen-bond donors (Lipinski definition) is 2. The topological polar surface area (TPSA) is 66.6 Å². The van der Waals surface area contributed by atoms with Crippen LogP contribution in [0.4, 0.5) is 0 Å². The van der Waals surface area contributed by atoms with Gasteiger partial charge in [0.25, 0.3) is 5.91 Å². The van der Waals surface area contributed by atoms with Crippen molar-refractivity contribution in [2.24, 2.45) is 0 Å². The summed E-state index contributed by atoms with van der Waals surface area (Å²) in [6.45, 7) is 3.09. The van der Waals surface area contributed by atoms with Crippen molar-refractivity contribution in [3.8, 4) is 11.8 Å². The van der Waals surface area contributed by atoms with E-state index in [4.69, 9.17) is 10.00 Å². The number of carbonyl (C=O) groups is 1. The molecule has 1 amide bonds. The highest BCUT2D eigenvalue weighted by atomic mass is 16.5. The minimum absolute atomic E-state index is 0.170. The van der Waals surface area contributed by atoms with Crippen molar-refractivity contribution in [2.45, 2.75) is 26.1 Å². The number of rotatable bonds is 7. The molecule has 2 N–H and O–H groups in total. The Morgan fingerprint density at radius 1 is 1.16 bits per heavy atom. The zero-order valence-electron chi connectivity index (χ0n) is 14.9. The Labute approximate surface area is 148 Å². The number of quaternary nitrogens is 1. The first-order chi connectivity index (χ1) is 12.0. The standard InChI is InChI=1S/C20H23N3O2/c1-15(25-19-10-8-16(12-21)9-11-19)20(24)22-13-17-6-4-5-7-18(17)14-23(2)3/h4-11,15H,13-14H2,1-3H3,(H,22,24)/p+1/t15-/m1/s1. The van der Waals surface area contributed by atoms with Gasteiger partial charge in [-0.3, -0.25) is 4.79 Å². The van der Waals surface area contributed by atoms with Crippen LogP contribution in [0.15, 0.2) is 48.5 Å². The van der Waals surface area contributed by atoms with Crippen molar-refractivity contribution in [3.63, 3.8) is 0 Å². The van der Waals surface area contributed by atoms with Gasteiger partial charge in [0.15, 0.2) is 6.10 Å². The van der Waals surface area contributed by atoms with E-state index >= 15 is 0 Å². The first-order valence-corrected chi connectivity index (χ1v) is 8.30. The summed E-state index contributed by atoms with van der Waals surface area (Å²) in [5.41, 5.74) is 2.90. The molecule has 5 nitrogen and oxygen atoms in total. The van der Waals surface area contributed by atoms with E-state index in [-0.39, 0.29) is 5.91 Å². The van der Waals surface area contributed by atoms with Crippen molar-refractivity contribution < 1.29 is 14.4 Å². The second-order valence-corrected chi connectivity index (χ2v) is 6.27. The third-order valence-corrected chi connectivity index (χ3v) is 3.78. The third kappa shape index (κ3) is 5.63. The molecule has 0 radical (unpaired) electrons. The molecular weight excluding hydrogens is 314 g/mol. The quantitative estimate of drug-likeness (QED) is 0.799. The molecule has 0 aliphatic rings. The Kier molecular flexibility index (Phi) is 6.55. The van der Waals surface area contributed by atoms with E-state index in [2.05, 4.69) is 31.5 Å². The molecule has 130 valence electrons.